The summed E-state index contributed by atoms with van der Waals surface area (Å²) < 4.78 is 0. The Hall–Kier alpha value is -0.795. The van der Waals surface area contributed by atoms with Gasteiger partial charge in [0.15, 0.2) is 7.98 Å². The quantitative estimate of drug-likeness (QED) is 0.682. The van der Waals surface area contributed by atoms with E-state index in [1.165, 1.54) is 11.1 Å². The largest absolute Gasteiger partial charge is 0.392 e. The molecule has 1 aliphatic carbocycles. The summed E-state index contributed by atoms with van der Waals surface area (Å²) in [7, 11) is 5.49. The molecule has 2 radical (unpaired) electrons. The zero-order chi connectivity index (χ0) is 9.97. The van der Waals surface area contributed by atoms with Crippen molar-refractivity contribution in [1.82, 2.24) is 5.23 Å². The van der Waals surface area contributed by atoms with E-state index in [1.54, 1.807) is 0 Å². The third-order valence-electron chi connectivity index (χ3n) is 2.91. The molecule has 72 valence electrons. The van der Waals surface area contributed by atoms with E-state index in [0.29, 0.717) is 0 Å². The average molecular weight is 187 g/mol. The van der Waals surface area contributed by atoms with Crippen LogP contribution in [0.15, 0.2) is 18.2 Å². The topological polar surface area (TPSA) is 32.3 Å². The lowest BCUT2D eigenvalue weighted by molar-refractivity contribution is 0.281. The molecule has 0 heterocycles. The van der Waals surface area contributed by atoms with E-state index in [-0.39, 0.29) is 12.6 Å². The number of fused-ring (bicyclic) bond motifs is 1. The Morgan fingerprint density at radius 3 is 3.07 bits per heavy atom. The highest BCUT2D eigenvalue weighted by Gasteiger charge is 2.17. The minimum absolute atomic E-state index is 0.119. The molecule has 1 atom stereocenters. The lowest BCUT2D eigenvalue weighted by atomic mass is 9.86. The Labute approximate surface area is 85.8 Å². The molecular weight excluding hydrogens is 173 g/mol. The Kier molecular flexibility index (Phi) is 2.89. The van der Waals surface area contributed by atoms with Crippen LogP contribution in [0, 0.1) is 0 Å². The first-order valence-corrected chi connectivity index (χ1v) is 5.04. The van der Waals surface area contributed by atoms with E-state index in [9.17, 15) is 0 Å². The van der Waals surface area contributed by atoms with Gasteiger partial charge >= 0.3 is 0 Å². The Morgan fingerprint density at radius 2 is 2.36 bits per heavy atom. The fourth-order valence-electron chi connectivity index (χ4n) is 2.14. The second-order valence-corrected chi connectivity index (χ2v) is 3.80. The second-order valence-electron chi connectivity index (χ2n) is 3.80. The van der Waals surface area contributed by atoms with Crippen LogP contribution in [0.2, 0.25) is 0 Å². The van der Waals surface area contributed by atoms with E-state index in [1.807, 2.05) is 6.07 Å². The van der Waals surface area contributed by atoms with E-state index in [4.69, 9.17) is 13.1 Å². The molecule has 0 aliphatic heterocycles. The van der Waals surface area contributed by atoms with Crippen molar-refractivity contribution in [3.8, 4) is 0 Å². The van der Waals surface area contributed by atoms with Crippen molar-refractivity contribution in [3.05, 3.63) is 34.9 Å². The summed E-state index contributed by atoms with van der Waals surface area (Å²) in [6.07, 6.45) is 3.36. The molecule has 0 fully saturated rings. The van der Waals surface area contributed by atoms with Gasteiger partial charge in [0.25, 0.3) is 0 Å². The van der Waals surface area contributed by atoms with Gasteiger partial charge in [-0.3, -0.25) is 0 Å². The summed E-state index contributed by atoms with van der Waals surface area (Å²) in [4.78, 5) is 0. The maximum absolute atomic E-state index is 9.02. The van der Waals surface area contributed by atoms with Crippen LogP contribution >= 0.6 is 0 Å². The summed E-state index contributed by atoms with van der Waals surface area (Å²) in [5.41, 5.74) is 3.60. The number of aliphatic hydroxyl groups excluding tert-OH is 1. The standard InChI is InChI=1S/C11H14BNO/c12-13-11-3-1-2-9-6-8(7-14)4-5-10(9)11/h4-6,11,13-14H,1-3,7H2/t11-/m0/s1. The van der Waals surface area contributed by atoms with Crippen LogP contribution in [0.5, 0.6) is 0 Å². The number of hydrogen-bond donors (Lipinski definition) is 2. The molecule has 0 unspecified atom stereocenters. The second kappa shape index (κ2) is 4.15. The van der Waals surface area contributed by atoms with Crippen LogP contribution in [0.1, 0.15) is 35.6 Å². The molecule has 1 aromatic rings. The van der Waals surface area contributed by atoms with Gasteiger partial charge in [0.05, 0.1) is 6.61 Å². The zero-order valence-electron chi connectivity index (χ0n) is 8.16. The van der Waals surface area contributed by atoms with Gasteiger partial charge in [-0.25, -0.2) is 0 Å². The van der Waals surface area contributed by atoms with Crippen molar-refractivity contribution < 1.29 is 5.11 Å². The molecule has 2 N–H and O–H groups in total. The maximum atomic E-state index is 9.02. The van der Waals surface area contributed by atoms with E-state index < -0.39 is 0 Å². The summed E-state index contributed by atoms with van der Waals surface area (Å²) in [6, 6.07) is 6.41. The number of aliphatic hydroxyl groups is 1. The Morgan fingerprint density at radius 1 is 1.50 bits per heavy atom. The number of hydrogen-bond acceptors (Lipinski definition) is 2. The first-order valence-electron chi connectivity index (χ1n) is 5.04. The van der Waals surface area contributed by atoms with Gasteiger partial charge in [0.2, 0.25) is 0 Å². The van der Waals surface area contributed by atoms with E-state index >= 15 is 0 Å². The number of benzene rings is 1. The average Bonchev–Trinajstić information content (AvgIpc) is 2.27. The van der Waals surface area contributed by atoms with Gasteiger partial charge in [-0.1, -0.05) is 18.2 Å². The Bertz CT molecular complexity index is 327. The van der Waals surface area contributed by atoms with Gasteiger partial charge < -0.3 is 10.3 Å². The molecule has 0 amide bonds. The highest BCUT2D eigenvalue weighted by atomic mass is 16.3. The third-order valence-corrected chi connectivity index (χ3v) is 2.91. The van der Waals surface area contributed by atoms with Crippen LogP contribution in [-0.2, 0) is 13.0 Å². The predicted octanol–water partition coefficient (Wildman–Crippen LogP) is 1.23. The monoisotopic (exact) mass is 187 g/mol. The smallest absolute Gasteiger partial charge is 0.178 e. The molecule has 0 saturated carbocycles. The van der Waals surface area contributed by atoms with Gasteiger partial charge in [0, 0.05) is 6.04 Å². The summed E-state index contributed by atoms with van der Waals surface area (Å²) in [5.74, 6) is 0. The lowest BCUT2D eigenvalue weighted by Gasteiger charge is -2.25. The summed E-state index contributed by atoms with van der Waals surface area (Å²) in [6.45, 7) is 0.119. The molecule has 0 bridgehead atoms. The summed E-state index contributed by atoms with van der Waals surface area (Å²) >= 11 is 0. The number of rotatable bonds is 2. The van der Waals surface area contributed by atoms with Crippen LogP contribution in [-0.4, -0.2) is 13.1 Å². The highest BCUT2D eigenvalue weighted by Crippen LogP contribution is 2.29. The van der Waals surface area contributed by atoms with Crippen molar-refractivity contribution in [2.45, 2.75) is 31.9 Å². The van der Waals surface area contributed by atoms with Gasteiger partial charge in [-0.05, 0) is 36.0 Å². The minimum atomic E-state index is 0.119. The Balaban J connectivity index is 2.35. The molecule has 14 heavy (non-hydrogen) atoms. The predicted molar refractivity (Wildman–Crippen MR) is 56.9 cm³/mol. The molecule has 2 nitrogen and oxygen atoms in total. The van der Waals surface area contributed by atoms with Gasteiger partial charge in [-0.2, -0.15) is 0 Å². The van der Waals surface area contributed by atoms with Crippen molar-refractivity contribution in [2.24, 2.45) is 0 Å². The third kappa shape index (κ3) is 1.70. The van der Waals surface area contributed by atoms with Gasteiger partial charge in [0.1, 0.15) is 0 Å². The molecule has 0 saturated heterocycles. The zero-order valence-corrected chi connectivity index (χ0v) is 8.16. The van der Waals surface area contributed by atoms with Crippen LogP contribution in [0.25, 0.3) is 0 Å². The molecule has 2 rings (SSSR count). The summed E-state index contributed by atoms with van der Waals surface area (Å²) in [5, 5.41) is 11.9. The van der Waals surface area contributed by atoms with Crippen LogP contribution in [0.3, 0.4) is 0 Å². The van der Waals surface area contributed by atoms with Crippen LogP contribution in [0.4, 0.5) is 0 Å². The van der Waals surface area contributed by atoms with E-state index in [0.717, 1.165) is 24.8 Å². The van der Waals surface area contributed by atoms with Crippen LogP contribution < -0.4 is 5.23 Å². The fourth-order valence-corrected chi connectivity index (χ4v) is 2.14. The minimum Gasteiger partial charge on any atom is -0.392 e. The maximum Gasteiger partial charge on any atom is 0.178 e. The van der Waals surface area contributed by atoms with Gasteiger partial charge in [-0.15, -0.1) is 0 Å². The molecule has 0 spiro atoms. The highest BCUT2D eigenvalue weighted by molar-refractivity contribution is 6.04. The number of nitrogens with one attached hydrogen (secondary N) is 1. The normalized spacial score (nSPS) is 20.5. The van der Waals surface area contributed by atoms with Crippen molar-refractivity contribution in [3.63, 3.8) is 0 Å². The number of aryl methyl sites for hydroxylation is 1. The molecular formula is C11H14BNO. The fraction of sp³-hybridized carbons (Fsp3) is 0.455. The van der Waals surface area contributed by atoms with E-state index in [2.05, 4.69) is 17.4 Å². The van der Waals surface area contributed by atoms with Crippen molar-refractivity contribution in [2.75, 3.05) is 0 Å². The first-order chi connectivity index (χ1) is 6.85. The van der Waals surface area contributed by atoms with Crippen molar-refractivity contribution >= 4 is 7.98 Å². The molecule has 3 heteroatoms. The molecule has 1 aromatic carbocycles. The lowest BCUT2D eigenvalue weighted by Crippen LogP contribution is -2.22. The van der Waals surface area contributed by atoms with Crippen molar-refractivity contribution in [1.29, 1.82) is 0 Å². The first kappa shape index (κ1) is 9.75. The SMILES string of the molecule is [B]N[C@H]1CCCc2cc(CO)ccc21. The molecule has 0 aromatic heterocycles. The molecule has 1 aliphatic rings.